The first-order valence-electron chi connectivity index (χ1n) is 4.14. The molecule has 0 aliphatic heterocycles. The van der Waals surface area contributed by atoms with Crippen LogP contribution in [0.4, 0.5) is 0 Å². The summed E-state index contributed by atoms with van der Waals surface area (Å²) in [6, 6.07) is -0.301. The molecule has 0 radical (unpaired) electrons. The fourth-order valence-corrected chi connectivity index (χ4v) is 1.25. The summed E-state index contributed by atoms with van der Waals surface area (Å²) in [5.74, 6) is -0.712. The van der Waals surface area contributed by atoms with Crippen LogP contribution in [-0.2, 0) is 4.79 Å². The molecule has 0 heterocycles. The zero-order chi connectivity index (χ0) is 8.85. The molecular weight excluding hydrogens is 142 g/mol. The molecule has 1 N–H and O–H groups in total. The molecule has 3 nitrogen and oxygen atoms in total. The van der Waals surface area contributed by atoms with Gasteiger partial charge in [-0.25, -0.2) is 0 Å². The second kappa shape index (κ2) is 5.13. The van der Waals surface area contributed by atoms with Crippen LogP contribution in [0.5, 0.6) is 0 Å². The molecule has 1 atom stereocenters. The lowest BCUT2D eigenvalue weighted by Gasteiger charge is -2.24. The second-order valence-corrected chi connectivity index (χ2v) is 2.48. The Morgan fingerprint density at radius 1 is 1.36 bits per heavy atom. The van der Waals surface area contributed by atoms with Crippen LogP contribution < -0.4 is 0 Å². The molecule has 0 bridgehead atoms. The van der Waals surface area contributed by atoms with E-state index in [-0.39, 0.29) is 6.04 Å². The minimum absolute atomic E-state index is 0.301. The highest BCUT2D eigenvalue weighted by Gasteiger charge is 2.20. The van der Waals surface area contributed by atoms with Crippen molar-refractivity contribution < 1.29 is 9.90 Å². The van der Waals surface area contributed by atoms with Crippen LogP contribution in [0, 0.1) is 0 Å². The van der Waals surface area contributed by atoms with E-state index in [4.69, 9.17) is 5.11 Å². The molecule has 0 saturated heterocycles. The standard InChI is InChI=1S/C8H17NO2/c1-4-7(8(10)11)9(5-2)6-3/h7H,4-6H2,1-3H3,(H,10,11). The maximum absolute atomic E-state index is 10.6. The normalized spacial score (nSPS) is 13.5. The number of aliphatic carboxylic acids is 1. The highest BCUT2D eigenvalue weighted by Crippen LogP contribution is 2.02. The van der Waals surface area contributed by atoms with Gasteiger partial charge in [0.1, 0.15) is 6.04 Å². The first-order chi connectivity index (χ1) is 5.17. The summed E-state index contributed by atoms with van der Waals surface area (Å²) in [6.45, 7) is 7.48. The van der Waals surface area contributed by atoms with Crippen molar-refractivity contribution in [1.29, 1.82) is 0 Å². The average molecular weight is 159 g/mol. The van der Waals surface area contributed by atoms with Crippen LogP contribution in [-0.4, -0.2) is 35.1 Å². The molecular formula is C8H17NO2. The summed E-state index contributed by atoms with van der Waals surface area (Å²) in [5, 5.41) is 8.76. The number of nitrogens with zero attached hydrogens (tertiary/aromatic N) is 1. The van der Waals surface area contributed by atoms with Crippen LogP contribution in [0.1, 0.15) is 27.2 Å². The van der Waals surface area contributed by atoms with Crippen molar-refractivity contribution in [2.24, 2.45) is 0 Å². The van der Waals surface area contributed by atoms with Gasteiger partial charge in [-0.15, -0.1) is 0 Å². The average Bonchev–Trinajstić information content (AvgIpc) is 1.99. The van der Waals surface area contributed by atoms with E-state index in [1.807, 2.05) is 25.7 Å². The van der Waals surface area contributed by atoms with Gasteiger partial charge < -0.3 is 5.11 Å². The fraction of sp³-hybridized carbons (Fsp3) is 0.875. The van der Waals surface area contributed by atoms with Crippen LogP contribution in [0.15, 0.2) is 0 Å². The lowest BCUT2D eigenvalue weighted by atomic mass is 10.2. The van der Waals surface area contributed by atoms with Crippen molar-refractivity contribution in [1.82, 2.24) is 4.90 Å². The molecule has 0 saturated carbocycles. The van der Waals surface area contributed by atoms with E-state index in [2.05, 4.69) is 0 Å². The van der Waals surface area contributed by atoms with Crippen LogP contribution >= 0.6 is 0 Å². The van der Waals surface area contributed by atoms with Crippen LogP contribution in [0.3, 0.4) is 0 Å². The molecule has 0 aromatic rings. The van der Waals surface area contributed by atoms with Crippen molar-refractivity contribution >= 4 is 5.97 Å². The van der Waals surface area contributed by atoms with Crippen molar-refractivity contribution in [3.63, 3.8) is 0 Å². The molecule has 1 unspecified atom stereocenters. The molecule has 0 amide bonds. The number of carboxylic acid groups (broad SMARTS) is 1. The molecule has 66 valence electrons. The minimum atomic E-state index is -0.712. The van der Waals surface area contributed by atoms with E-state index in [1.54, 1.807) is 0 Å². The maximum Gasteiger partial charge on any atom is 0.320 e. The third kappa shape index (κ3) is 2.89. The predicted molar refractivity (Wildman–Crippen MR) is 44.6 cm³/mol. The number of likely N-dealkylation sites (N-methyl/N-ethyl adjacent to an activating group) is 1. The van der Waals surface area contributed by atoms with Gasteiger partial charge in [0, 0.05) is 0 Å². The second-order valence-electron chi connectivity index (χ2n) is 2.48. The Kier molecular flexibility index (Phi) is 4.86. The van der Waals surface area contributed by atoms with Crippen molar-refractivity contribution in [2.45, 2.75) is 33.2 Å². The van der Waals surface area contributed by atoms with Gasteiger partial charge >= 0.3 is 5.97 Å². The smallest absolute Gasteiger partial charge is 0.320 e. The Morgan fingerprint density at radius 3 is 1.91 bits per heavy atom. The van der Waals surface area contributed by atoms with Gasteiger partial charge in [-0.2, -0.15) is 0 Å². The van der Waals surface area contributed by atoms with Crippen molar-refractivity contribution in [3.8, 4) is 0 Å². The largest absolute Gasteiger partial charge is 0.480 e. The molecule has 0 aliphatic carbocycles. The fourth-order valence-electron chi connectivity index (χ4n) is 1.25. The minimum Gasteiger partial charge on any atom is -0.480 e. The summed E-state index contributed by atoms with van der Waals surface area (Å²) in [4.78, 5) is 12.6. The molecule has 0 aromatic heterocycles. The van der Waals surface area contributed by atoms with E-state index < -0.39 is 5.97 Å². The predicted octanol–water partition coefficient (Wildman–Crippen LogP) is 1.19. The number of hydrogen-bond donors (Lipinski definition) is 1. The van der Waals surface area contributed by atoms with Gasteiger partial charge in [0.2, 0.25) is 0 Å². The number of hydrogen-bond acceptors (Lipinski definition) is 2. The summed E-state index contributed by atoms with van der Waals surface area (Å²) in [7, 11) is 0. The number of rotatable bonds is 5. The zero-order valence-electron chi connectivity index (χ0n) is 7.50. The molecule has 0 aliphatic rings. The molecule has 0 fully saturated rings. The summed E-state index contributed by atoms with van der Waals surface area (Å²) in [6.07, 6.45) is 0.678. The molecule has 0 spiro atoms. The zero-order valence-corrected chi connectivity index (χ0v) is 7.50. The Hall–Kier alpha value is -0.570. The van der Waals surface area contributed by atoms with E-state index in [0.29, 0.717) is 6.42 Å². The maximum atomic E-state index is 10.6. The monoisotopic (exact) mass is 159 g/mol. The highest BCUT2D eigenvalue weighted by atomic mass is 16.4. The Morgan fingerprint density at radius 2 is 1.82 bits per heavy atom. The van der Waals surface area contributed by atoms with E-state index >= 15 is 0 Å². The van der Waals surface area contributed by atoms with Gasteiger partial charge in [-0.1, -0.05) is 20.8 Å². The highest BCUT2D eigenvalue weighted by molar-refractivity contribution is 5.73. The van der Waals surface area contributed by atoms with Gasteiger partial charge in [0.15, 0.2) is 0 Å². The topological polar surface area (TPSA) is 40.5 Å². The van der Waals surface area contributed by atoms with Gasteiger partial charge in [0.05, 0.1) is 0 Å². The first-order valence-corrected chi connectivity index (χ1v) is 4.14. The first kappa shape index (κ1) is 10.4. The third-order valence-electron chi connectivity index (χ3n) is 1.92. The molecule has 0 rings (SSSR count). The summed E-state index contributed by atoms with van der Waals surface area (Å²) in [5.41, 5.74) is 0. The van der Waals surface area contributed by atoms with Crippen LogP contribution in [0.25, 0.3) is 0 Å². The number of carbonyl (C=O) groups is 1. The van der Waals surface area contributed by atoms with Crippen molar-refractivity contribution in [3.05, 3.63) is 0 Å². The molecule has 11 heavy (non-hydrogen) atoms. The lowest BCUT2D eigenvalue weighted by Crippen LogP contribution is -2.40. The van der Waals surface area contributed by atoms with E-state index in [1.165, 1.54) is 0 Å². The SMILES string of the molecule is CCC(C(=O)O)N(CC)CC. The summed E-state index contributed by atoms with van der Waals surface area (Å²) >= 11 is 0. The quantitative estimate of drug-likeness (QED) is 0.655. The van der Waals surface area contributed by atoms with E-state index in [9.17, 15) is 4.79 Å². The number of carboxylic acids is 1. The Labute approximate surface area is 68.0 Å². The lowest BCUT2D eigenvalue weighted by molar-refractivity contribution is -0.143. The third-order valence-corrected chi connectivity index (χ3v) is 1.92. The Balaban J connectivity index is 4.09. The van der Waals surface area contributed by atoms with Crippen molar-refractivity contribution in [2.75, 3.05) is 13.1 Å². The molecule has 0 aromatic carbocycles. The van der Waals surface area contributed by atoms with Gasteiger partial charge in [-0.3, -0.25) is 9.69 Å². The summed E-state index contributed by atoms with van der Waals surface area (Å²) < 4.78 is 0. The Bertz CT molecular complexity index is 121. The molecule has 3 heteroatoms. The van der Waals surface area contributed by atoms with Gasteiger partial charge in [-0.05, 0) is 19.5 Å². The van der Waals surface area contributed by atoms with Crippen LogP contribution in [0.2, 0.25) is 0 Å². The van der Waals surface area contributed by atoms with Gasteiger partial charge in [0.25, 0.3) is 0 Å². The van der Waals surface area contributed by atoms with E-state index in [0.717, 1.165) is 13.1 Å².